The highest BCUT2D eigenvalue weighted by Gasteiger charge is 2.13. The van der Waals surface area contributed by atoms with Gasteiger partial charge in [-0.15, -0.1) is 0 Å². The Hall–Kier alpha value is -3.92. The van der Waals surface area contributed by atoms with E-state index in [1.807, 2.05) is 54.6 Å². The summed E-state index contributed by atoms with van der Waals surface area (Å²) in [5.41, 5.74) is 3.62. The number of nitrogens with zero attached hydrogens (tertiary/aromatic N) is 4. The molecule has 27 heavy (non-hydrogen) atoms. The largest absolute Gasteiger partial charge is 0.339 e. The van der Waals surface area contributed by atoms with Gasteiger partial charge in [-0.05, 0) is 36.2 Å². The van der Waals surface area contributed by atoms with E-state index in [9.17, 15) is 0 Å². The molecule has 2 aromatic heterocycles. The van der Waals surface area contributed by atoms with Crippen LogP contribution in [0.1, 0.15) is 12.0 Å². The van der Waals surface area contributed by atoms with Crippen LogP contribution in [0.4, 0.5) is 23.0 Å². The van der Waals surface area contributed by atoms with E-state index >= 15 is 0 Å². The van der Waals surface area contributed by atoms with E-state index in [1.165, 1.54) is 6.33 Å². The van der Waals surface area contributed by atoms with Crippen LogP contribution >= 0.6 is 0 Å². The minimum Gasteiger partial charge on any atom is -0.339 e. The molecule has 3 N–H and O–H groups in total. The average molecular weight is 355 g/mol. The number of nitrogens with one attached hydrogen (secondary N) is 3. The van der Waals surface area contributed by atoms with Crippen LogP contribution in [0.15, 0.2) is 60.9 Å². The molecule has 7 nitrogen and oxygen atoms in total. The van der Waals surface area contributed by atoms with Gasteiger partial charge in [0.25, 0.3) is 0 Å². The summed E-state index contributed by atoms with van der Waals surface area (Å²) in [7, 11) is 0. The quantitative estimate of drug-likeness (QED) is 0.477. The molecule has 0 amide bonds. The van der Waals surface area contributed by atoms with E-state index in [-0.39, 0.29) is 0 Å². The van der Waals surface area contributed by atoms with Crippen molar-refractivity contribution in [1.29, 1.82) is 5.26 Å². The van der Waals surface area contributed by atoms with Crippen molar-refractivity contribution in [3.05, 3.63) is 66.5 Å². The monoisotopic (exact) mass is 355 g/mol. The highest BCUT2D eigenvalue weighted by atomic mass is 15.2. The molecule has 0 unspecified atom stereocenters. The van der Waals surface area contributed by atoms with Crippen LogP contribution in [-0.2, 0) is 6.42 Å². The lowest BCUT2D eigenvalue weighted by Gasteiger charge is -2.09. The van der Waals surface area contributed by atoms with Crippen LogP contribution in [0.2, 0.25) is 0 Å². The number of anilines is 4. The number of fused-ring (bicyclic) bond motifs is 1. The Balaban J connectivity index is 1.62. The highest BCUT2D eigenvalue weighted by molar-refractivity contribution is 5.98. The lowest BCUT2D eigenvalue weighted by Crippen LogP contribution is -1.97. The second kappa shape index (κ2) is 7.54. The van der Waals surface area contributed by atoms with Gasteiger partial charge >= 0.3 is 0 Å². The summed E-state index contributed by atoms with van der Waals surface area (Å²) < 4.78 is 0. The normalized spacial score (nSPS) is 10.5. The molecule has 0 aliphatic heterocycles. The van der Waals surface area contributed by atoms with Crippen LogP contribution in [0.25, 0.3) is 11.0 Å². The van der Waals surface area contributed by atoms with Crippen LogP contribution in [0, 0.1) is 11.3 Å². The van der Waals surface area contributed by atoms with Crippen molar-refractivity contribution < 1.29 is 0 Å². The van der Waals surface area contributed by atoms with E-state index in [4.69, 9.17) is 5.26 Å². The number of aryl methyl sites for hydroxylation is 1. The van der Waals surface area contributed by atoms with E-state index in [1.54, 1.807) is 0 Å². The third kappa shape index (κ3) is 3.70. The van der Waals surface area contributed by atoms with E-state index in [2.05, 4.69) is 36.9 Å². The Morgan fingerprint density at radius 3 is 2.41 bits per heavy atom. The number of aromatic amines is 1. The van der Waals surface area contributed by atoms with Crippen molar-refractivity contribution in [3.8, 4) is 6.07 Å². The van der Waals surface area contributed by atoms with Gasteiger partial charge in [-0.2, -0.15) is 10.4 Å². The predicted molar refractivity (Wildman–Crippen MR) is 105 cm³/mol. The summed E-state index contributed by atoms with van der Waals surface area (Å²) in [6.45, 7) is 0. The first kappa shape index (κ1) is 16.5. The maximum absolute atomic E-state index is 8.70. The topological polar surface area (TPSA) is 102 Å². The van der Waals surface area contributed by atoms with Gasteiger partial charge in [0, 0.05) is 17.8 Å². The molecule has 0 saturated carbocycles. The first-order chi connectivity index (χ1) is 13.3. The number of rotatable bonds is 6. The molecule has 0 aliphatic rings. The molecule has 0 spiro atoms. The molecule has 0 bridgehead atoms. The van der Waals surface area contributed by atoms with E-state index in [0.717, 1.165) is 28.7 Å². The van der Waals surface area contributed by atoms with Crippen molar-refractivity contribution in [2.45, 2.75) is 12.8 Å². The Labute approximate surface area is 156 Å². The molecule has 0 aliphatic carbocycles. The second-order valence-electron chi connectivity index (χ2n) is 5.99. The van der Waals surface area contributed by atoms with Gasteiger partial charge in [0.05, 0.1) is 6.07 Å². The number of aromatic nitrogens is 4. The fourth-order valence-corrected chi connectivity index (χ4v) is 2.79. The molecule has 2 heterocycles. The lowest BCUT2D eigenvalue weighted by atomic mass is 10.1. The van der Waals surface area contributed by atoms with Crippen molar-refractivity contribution in [2.24, 2.45) is 0 Å². The fourth-order valence-electron chi connectivity index (χ4n) is 2.79. The molecule has 0 radical (unpaired) electrons. The van der Waals surface area contributed by atoms with Crippen LogP contribution in [-0.4, -0.2) is 20.2 Å². The van der Waals surface area contributed by atoms with E-state index < -0.39 is 0 Å². The van der Waals surface area contributed by atoms with Crippen LogP contribution in [0.5, 0.6) is 0 Å². The Morgan fingerprint density at radius 1 is 0.889 bits per heavy atom. The molecule has 4 rings (SSSR count). The molecule has 4 aromatic rings. The average Bonchev–Trinajstić information content (AvgIpc) is 3.12. The van der Waals surface area contributed by atoms with Crippen molar-refractivity contribution in [1.82, 2.24) is 20.2 Å². The molecular weight excluding hydrogens is 338 g/mol. The maximum atomic E-state index is 8.70. The summed E-state index contributed by atoms with van der Waals surface area (Å²) in [6.07, 6.45) is 2.76. The Bertz CT molecular complexity index is 1080. The number of hydrogen-bond donors (Lipinski definition) is 3. The minimum absolute atomic E-state index is 0.517. The van der Waals surface area contributed by atoms with Gasteiger partial charge in [-0.3, -0.25) is 5.10 Å². The third-order valence-corrected chi connectivity index (χ3v) is 4.14. The SMILES string of the molecule is N#CCCc1ccc(Nc2ncnc3[nH]nc(Nc4ccccc4)c23)cc1. The third-order valence-electron chi connectivity index (χ3n) is 4.14. The van der Waals surface area contributed by atoms with E-state index in [0.29, 0.717) is 23.7 Å². The zero-order valence-corrected chi connectivity index (χ0v) is 14.5. The summed E-state index contributed by atoms with van der Waals surface area (Å²) in [6, 6.07) is 20.0. The zero-order chi connectivity index (χ0) is 18.5. The summed E-state index contributed by atoms with van der Waals surface area (Å²) in [5.74, 6) is 1.32. The van der Waals surface area contributed by atoms with Gasteiger partial charge in [0.1, 0.15) is 17.5 Å². The lowest BCUT2D eigenvalue weighted by molar-refractivity contribution is 1.01. The van der Waals surface area contributed by atoms with Crippen molar-refractivity contribution in [2.75, 3.05) is 10.6 Å². The highest BCUT2D eigenvalue weighted by Crippen LogP contribution is 2.29. The Morgan fingerprint density at radius 2 is 1.63 bits per heavy atom. The van der Waals surface area contributed by atoms with Gasteiger partial charge in [-0.1, -0.05) is 30.3 Å². The maximum Gasteiger partial charge on any atom is 0.165 e. The molecular formula is C20H17N7. The van der Waals surface area contributed by atoms with Crippen molar-refractivity contribution >= 4 is 34.0 Å². The van der Waals surface area contributed by atoms with Gasteiger partial charge in [0.15, 0.2) is 11.5 Å². The Kier molecular flexibility index (Phi) is 4.62. The number of para-hydroxylation sites is 1. The number of nitriles is 1. The minimum atomic E-state index is 0.517. The molecule has 132 valence electrons. The molecule has 0 fully saturated rings. The van der Waals surface area contributed by atoms with Crippen LogP contribution < -0.4 is 10.6 Å². The number of benzene rings is 2. The van der Waals surface area contributed by atoms with Crippen LogP contribution in [0.3, 0.4) is 0 Å². The van der Waals surface area contributed by atoms with Gasteiger partial charge < -0.3 is 10.6 Å². The molecule has 0 atom stereocenters. The zero-order valence-electron chi connectivity index (χ0n) is 14.5. The fraction of sp³-hybridized carbons (Fsp3) is 0.100. The second-order valence-corrected chi connectivity index (χ2v) is 5.99. The summed E-state index contributed by atoms with van der Waals surface area (Å²) in [4.78, 5) is 8.64. The summed E-state index contributed by atoms with van der Waals surface area (Å²) in [5, 5.41) is 23.4. The molecule has 2 aromatic carbocycles. The predicted octanol–water partition coefficient (Wildman–Crippen LogP) is 4.30. The molecule has 0 saturated heterocycles. The summed E-state index contributed by atoms with van der Waals surface area (Å²) >= 11 is 0. The first-order valence-electron chi connectivity index (χ1n) is 8.57. The molecule has 7 heteroatoms. The smallest absolute Gasteiger partial charge is 0.165 e. The number of hydrogen-bond acceptors (Lipinski definition) is 6. The standard InChI is InChI=1S/C20H17N7/c21-12-4-5-14-8-10-16(11-9-14)24-18-17-19(23-13-22-18)26-27-20(17)25-15-6-2-1-3-7-15/h1-3,6-11,13H,4-5H2,(H3,22,23,24,25,26,27). The van der Waals surface area contributed by atoms with Gasteiger partial charge in [0.2, 0.25) is 0 Å². The first-order valence-corrected chi connectivity index (χ1v) is 8.57. The van der Waals surface area contributed by atoms with Crippen molar-refractivity contribution in [3.63, 3.8) is 0 Å². The number of H-pyrrole nitrogens is 1. The van der Waals surface area contributed by atoms with Gasteiger partial charge in [-0.25, -0.2) is 9.97 Å².